The Bertz CT molecular complexity index is 3720. The zero-order chi connectivity index (χ0) is 42.9. The van der Waals surface area contributed by atoms with Gasteiger partial charge in [-0.3, -0.25) is 0 Å². The van der Waals surface area contributed by atoms with Crippen LogP contribution in [0, 0.1) is 0 Å². The second kappa shape index (κ2) is 14.8. The third-order valence-electron chi connectivity index (χ3n) is 13.7. The fraction of sp³-hybridized carbons (Fsp3) is 0.0159. The summed E-state index contributed by atoms with van der Waals surface area (Å²) < 4.78 is 6.63. The number of furan rings is 1. The molecule has 1 aromatic heterocycles. The van der Waals surface area contributed by atoms with Gasteiger partial charge in [0, 0.05) is 27.8 Å². The molecular weight excluding hydrogens is 787 g/mol. The van der Waals surface area contributed by atoms with E-state index < -0.39 is 5.41 Å². The van der Waals surface area contributed by atoms with Crippen LogP contribution in [0.25, 0.3) is 76.9 Å². The van der Waals surface area contributed by atoms with Crippen molar-refractivity contribution in [2.75, 3.05) is 4.90 Å². The summed E-state index contributed by atoms with van der Waals surface area (Å²) in [5.74, 6) is 0. The smallest absolute Gasteiger partial charge is 0.136 e. The minimum atomic E-state index is -0.453. The van der Waals surface area contributed by atoms with Crippen molar-refractivity contribution in [3.8, 4) is 33.4 Å². The molecule has 12 aromatic rings. The summed E-state index contributed by atoms with van der Waals surface area (Å²) in [4.78, 5) is 2.35. The summed E-state index contributed by atoms with van der Waals surface area (Å²) in [6.07, 6.45) is 0. The van der Waals surface area contributed by atoms with Gasteiger partial charge < -0.3 is 9.32 Å². The molecule has 13 rings (SSSR count). The summed E-state index contributed by atoms with van der Waals surface area (Å²) in [5.41, 5.74) is 17.0. The molecule has 2 heteroatoms. The van der Waals surface area contributed by atoms with Crippen LogP contribution in [0.5, 0.6) is 0 Å². The molecule has 304 valence electrons. The molecule has 0 saturated carbocycles. The molecule has 1 aliphatic rings. The molecule has 0 amide bonds. The van der Waals surface area contributed by atoms with Gasteiger partial charge in [0.1, 0.15) is 11.2 Å². The van der Waals surface area contributed by atoms with E-state index in [0.29, 0.717) is 0 Å². The molecule has 0 bridgehead atoms. The lowest BCUT2D eigenvalue weighted by Crippen LogP contribution is -2.28. The molecule has 0 aliphatic heterocycles. The van der Waals surface area contributed by atoms with Crippen LogP contribution >= 0.6 is 0 Å². The summed E-state index contributed by atoms with van der Waals surface area (Å²) in [6, 6.07) is 90.6. The van der Waals surface area contributed by atoms with Crippen LogP contribution < -0.4 is 4.90 Å². The van der Waals surface area contributed by atoms with Gasteiger partial charge in [-0.25, -0.2) is 0 Å². The fourth-order valence-corrected chi connectivity index (χ4v) is 10.9. The first-order valence-electron chi connectivity index (χ1n) is 22.4. The highest BCUT2D eigenvalue weighted by Gasteiger charge is 2.46. The number of nitrogens with zero attached hydrogens (tertiary/aromatic N) is 1. The highest BCUT2D eigenvalue weighted by molar-refractivity contribution is 6.20. The van der Waals surface area contributed by atoms with E-state index >= 15 is 0 Å². The molecular formula is C63H41NO. The Morgan fingerprint density at radius 1 is 0.308 bits per heavy atom. The maximum atomic E-state index is 6.63. The van der Waals surface area contributed by atoms with E-state index in [9.17, 15) is 0 Å². The number of para-hydroxylation sites is 1. The summed E-state index contributed by atoms with van der Waals surface area (Å²) >= 11 is 0. The van der Waals surface area contributed by atoms with Gasteiger partial charge in [-0.2, -0.15) is 0 Å². The number of hydrogen-bond donors (Lipinski definition) is 0. The van der Waals surface area contributed by atoms with E-state index in [-0.39, 0.29) is 0 Å². The minimum absolute atomic E-state index is 0.453. The number of benzene rings is 11. The molecule has 0 spiro atoms. The van der Waals surface area contributed by atoms with Crippen molar-refractivity contribution in [1.29, 1.82) is 0 Å². The lowest BCUT2D eigenvalue weighted by atomic mass is 9.67. The molecule has 1 heterocycles. The van der Waals surface area contributed by atoms with Gasteiger partial charge in [0.2, 0.25) is 0 Å². The largest absolute Gasteiger partial charge is 0.456 e. The summed E-state index contributed by atoms with van der Waals surface area (Å²) in [6.45, 7) is 0. The van der Waals surface area contributed by atoms with Crippen molar-refractivity contribution in [2.45, 2.75) is 5.41 Å². The number of fused-ring (bicyclic) bond motifs is 9. The summed E-state index contributed by atoms with van der Waals surface area (Å²) in [5, 5.41) is 7.17. The van der Waals surface area contributed by atoms with Gasteiger partial charge in [0.05, 0.1) is 5.41 Å². The zero-order valence-corrected chi connectivity index (χ0v) is 35.5. The Morgan fingerprint density at radius 2 is 0.877 bits per heavy atom. The SMILES string of the molecule is c1ccc(N(c2ccc(-c3ccc4c(c3)C(c3ccccc3)(c3ccccc3)c3ccccc3-4)cc2)c2ccc3oc4cccc(-c5cccc6ccc7ccccc7c56)c4c3c2)cc1. The third-order valence-corrected chi connectivity index (χ3v) is 13.7. The van der Waals surface area contributed by atoms with Gasteiger partial charge in [-0.1, -0.05) is 194 Å². The Hall–Kier alpha value is -8.46. The number of anilines is 3. The first kappa shape index (κ1) is 37.1. The number of hydrogen-bond acceptors (Lipinski definition) is 2. The first-order chi connectivity index (χ1) is 32.2. The normalized spacial score (nSPS) is 12.7. The van der Waals surface area contributed by atoms with E-state index in [0.717, 1.165) is 44.6 Å². The topological polar surface area (TPSA) is 16.4 Å². The molecule has 0 N–H and O–H groups in total. The van der Waals surface area contributed by atoms with Gasteiger partial charge in [0.15, 0.2) is 0 Å². The van der Waals surface area contributed by atoms with Crippen LogP contribution in [0.15, 0.2) is 253 Å². The fourth-order valence-electron chi connectivity index (χ4n) is 10.9. The van der Waals surface area contributed by atoms with Crippen LogP contribution in [0.1, 0.15) is 22.3 Å². The highest BCUT2D eigenvalue weighted by atomic mass is 16.3. The molecule has 0 unspecified atom stereocenters. The van der Waals surface area contributed by atoms with Crippen molar-refractivity contribution in [3.63, 3.8) is 0 Å². The average Bonchev–Trinajstić information content (AvgIpc) is 3.91. The average molecular weight is 828 g/mol. The van der Waals surface area contributed by atoms with E-state index in [1.165, 1.54) is 71.6 Å². The zero-order valence-electron chi connectivity index (χ0n) is 35.5. The van der Waals surface area contributed by atoms with Crippen molar-refractivity contribution in [2.24, 2.45) is 0 Å². The Labute approximate surface area is 377 Å². The maximum Gasteiger partial charge on any atom is 0.136 e. The summed E-state index contributed by atoms with van der Waals surface area (Å²) in [7, 11) is 0. The molecule has 2 nitrogen and oxygen atoms in total. The molecule has 11 aromatic carbocycles. The molecule has 0 atom stereocenters. The van der Waals surface area contributed by atoms with Gasteiger partial charge in [-0.05, 0) is 132 Å². The van der Waals surface area contributed by atoms with Crippen LogP contribution in [-0.2, 0) is 5.41 Å². The van der Waals surface area contributed by atoms with Crippen molar-refractivity contribution >= 4 is 60.5 Å². The maximum absolute atomic E-state index is 6.63. The molecule has 0 fully saturated rings. The van der Waals surface area contributed by atoms with E-state index in [2.05, 4.69) is 254 Å². The second-order valence-corrected chi connectivity index (χ2v) is 17.2. The van der Waals surface area contributed by atoms with Crippen LogP contribution in [0.4, 0.5) is 17.1 Å². The van der Waals surface area contributed by atoms with Crippen molar-refractivity contribution in [3.05, 3.63) is 271 Å². The lowest BCUT2D eigenvalue weighted by molar-refractivity contribution is 0.669. The third kappa shape index (κ3) is 5.74. The Balaban J connectivity index is 0.945. The van der Waals surface area contributed by atoms with Gasteiger partial charge in [0.25, 0.3) is 0 Å². The second-order valence-electron chi connectivity index (χ2n) is 17.2. The monoisotopic (exact) mass is 827 g/mol. The molecule has 65 heavy (non-hydrogen) atoms. The van der Waals surface area contributed by atoms with Crippen LogP contribution in [-0.4, -0.2) is 0 Å². The van der Waals surface area contributed by atoms with Gasteiger partial charge >= 0.3 is 0 Å². The van der Waals surface area contributed by atoms with Crippen LogP contribution in [0.2, 0.25) is 0 Å². The van der Waals surface area contributed by atoms with E-state index in [1.54, 1.807) is 0 Å². The van der Waals surface area contributed by atoms with Crippen molar-refractivity contribution in [1.82, 2.24) is 0 Å². The first-order valence-corrected chi connectivity index (χ1v) is 22.4. The van der Waals surface area contributed by atoms with Crippen LogP contribution in [0.3, 0.4) is 0 Å². The predicted molar refractivity (Wildman–Crippen MR) is 272 cm³/mol. The predicted octanol–water partition coefficient (Wildman–Crippen LogP) is 17.1. The quantitative estimate of drug-likeness (QED) is 0.149. The van der Waals surface area contributed by atoms with E-state index in [1.807, 2.05) is 0 Å². The lowest BCUT2D eigenvalue weighted by Gasteiger charge is -2.34. The standard InChI is InChI=1S/C63H41NO/c1-4-18-46(19-5-1)63(47-20-6-2-7-21-47)57-28-13-12-25-52(57)53-38-34-45(40-58(53)63)42-32-35-49(36-33-42)64(48-22-8-3-9-23-48)50-37-39-59-56(41-50)62-55(27-15-29-60(62)65-59)54-26-14-17-44-31-30-43-16-10-11-24-51(43)61(44)54/h1-41H. The van der Waals surface area contributed by atoms with Gasteiger partial charge in [-0.15, -0.1) is 0 Å². The number of rotatable bonds is 7. The molecule has 1 aliphatic carbocycles. The Morgan fingerprint density at radius 3 is 1.66 bits per heavy atom. The highest BCUT2D eigenvalue weighted by Crippen LogP contribution is 2.57. The van der Waals surface area contributed by atoms with Crippen molar-refractivity contribution < 1.29 is 4.42 Å². The molecule has 0 radical (unpaired) electrons. The molecule has 0 saturated heterocycles. The minimum Gasteiger partial charge on any atom is -0.456 e. The Kier molecular flexibility index (Phi) is 8.47. The van der Waals surface area contributed by atoms with E-state index in [4.69, 9.17) is 4.42 Å².